The number of nitrogens with two attached hydrogens (primary N) is 1. The Morgan fingerprint density at radius 3 is 2.59 bits per heavy atom. The van der Waals surface area contributed by atoms with Gasteiger partial charge in [-0.15, -0.1) is 10.2 Å². The maximum absolute atomic E-state index is 6.21. The van der Waals surface area contributed by atoms with Gasteiger partial charge in [0.25, 0.3) is 0 Å². The summed E-state index contributed by atoms with van der Waals surface area (Å²) in [4.78, 5) is 0. The minimum Gasteiger partial charge on any atom is -0.318 e. The van der Waals surface area contributed by atoms with Gasteiger partial charge in [0.1, 0.15) is 6.33 Å². The van der Waals surface area contributed by atoms with Crippen LogP contribution in [0.25, 0.3) is 0 Å². The first kappa shape index (κ1) is 11.8. The molecule has 2 N–H and O–H groups in total. The average molecular weight is 230 g/mol. The molecule has 0 radical (unpaired) electrons. The molecule has 2 rings (SSSR count). The van der Waals surface area contributed by atoms with Crippen LogP contribution in [0, 0.1) is 5.92 Å². The highest BCUT2D eigenvalue weighted by atomic mass is 15.3. The Labute approximate surface area is 101 Å². The fraction of sp³-hybridized carbons (Fsp3) is 0.385. The quantitative estimate of drug-likeness (QED) is 0.873. The van der Waals surface area contributed by atoms with Crippen molar-refractivity contribution in [3.8, 4) is 0 Å². The molecule has 0 saturated heterocycles. The van der Waals surface area contributed by atoms with E-state index in [1.165, 1.54) is 0 Å². The molecule has 0 aliphatic heterocycles. The molecule has 0 spiro atoms. The predicted octanol–water partition coefficient (Wildman–Crippen LogP) is 1.98. The van der Waals surface area contributed by atoms with Crippen LogP contribution in [-0.2, 0) is 6.54 Å². The Morgan fingerprint density at radius 1 is 1.24 bits per heavy atom. The van der Waals surface area contributed by atoms with Crippen LogP contribution in [0.4, 0.5) is 0 Å². The smallest absolute Gasteiger partial charge is 0.154 e. The lowest BCUT2D eigenvalue weighted by Crippen LogP contribution is -2.19. The molecule has 0 bridgehead atoms. The molecule has 1 aromatic carbocycles. The Kier molecular flexibility index (Phi) is 3.54. The largest absolute Gasteiger partial charge is 0.318 e. The van der Waals surface area contributed by atoms with Crippen LogP contribution in [0.1, 0.15) is 31.3 Å². The molecule has 0 fully saturated rings. The molecule has 0 aliphatic carbocycles. The van der Waals surface area contributed by atoms with Gasteiger partial charge in [-0.3, -0.25) is 0 Å². The molecule has 0 saturated carbocycles. The summed E-state index contributed by atoms with van der Waals surface area (Å²) in [6.07, 6.45) is 1.75. The fourth-order valence-electron chi connectivity index (χ4n) is 1.85. The molecule has 2 aromatic rings. The Balaban J connectivity index is 2.25. The van der Waals surface area contributed by atoms with Gasteiger partial charge in [-0.25, -0.2) is 0 Å². The molecule has 1 aromatic heterocycles. The number of hydrogen-bond acceptors (Lipinski definition) is 3. The summed E-state index contributed by atoms with van der Waals surface area (Å²) in [5, 5.41) is 8.09. The normalized spacial score (nSPS) is 12.9. The van der Waals surface area contributed by atoms with E-state index in [0.29, 0.717) is 5.92 Å². The second kappa shape index (κ2) is 5.10. The number of rotatable bonds is 4. The van der Waals surface area contributed by atoms with E-state index in [9.17, 15) is 0 Å². The predicted molar refractivity (Wildman–Crippen MR) is 67.3 cm³/mol. The Bertz CT molecular complexity index is 461. The zero-order valence-corrected chi connectivity index (χ0v) is 10.2. The first-order chi connectivity index (χ1) is 8.18. The van der Waals surface area contributed by atoms with Crippen molar-refractivity contribution in [1.29, 1.82) is 0 Å². The minimum atomic E-state index is -0.211. The van der Waals surface area contributed by atoms with Crippen molar-refractivity contribution in [2.75, 3.05) is 0 Å². The lowest BCUT2D eigenvalue weighted by atomic mass is 10.1. The molecule has 17 heavy (non-hydrogen) atoms. The van der Waals surface area contributed by atoms with Crippen molar-refractivity contribution >= 4 is 0 Å². The van der Waals surface area contributed by atoms with E-state index in [4.69, 9.17) is 5.73 Å². The van der Waals surface area contributed by atoms with Crippen LogP contribution in [0.5, 0.6) is 0 Å². The van der Waals surface area contributed by atoms with Gasteiger partial charge < -0.3 is 10.3 Å². The standard InChI is InChI=1S/C13H18N4/c1-10(2)8-17-9-15-16-13(17)12(14)11-6-4-3-5-7-11/h3-7,9-10,12H,8,14H2,1-2H3/t12-/m0/s1. The number of aromatic nitrogens is 3. The van der Waals surface area contributed by atoms with E-state index in [-0.39, 0.29) is 6.04 Å². The van der Waals surface area contributed by atoms with Crippen molar-refractivity contribution < 1.29 is 0 Å². The molecular weight excluding hydrogens is 212 g/mol. The third kappa shape index (κ3) is 2.71. The van der Waals surface area contributed by atoms with Crippen LogP contribution in [0.2, 0.25) is 0 Å². The van der Waals surface area contributed by atoms with Crippen LogP contribution in [0.15, 0.2) is 36.7 Å². The van der Waals surface area contributed by atoms with Gasteiger partial charge in [-0.2, -0.15) is 0 Å². The molecule has 1 heterocycles. The van der Waals surface area contributed by atoms with Crippen LogP contribution in [-0.4, -0.2) is 14.8 Å². The summed E-state index contributed by atoms with van der Waals surface area (Å²) >= 11 is 0. The number of nitrogens with zero attached hydrogens (tertiary/aromatic N) is 3. The summed E-state index contributed by atoms with van der Waals surface area (Å²) in [7, 11) is 0. The average Bonchev–Trinajstić information content (AvgIpc) is 2.76. The van der Waals surface area contributed by atoms with Gasteiger partial charge in [0.05, 0.1) is 6.04 Å². The summed E-state index contributed by atoms with van der Waals surface area (Å²) in [5.41, 5.74) is 7.27. The molecule has 0 amide bonds. The first-order valence-corrected chi connectivity index (χ1v) is 5.86. The van der Waals surface area contributed by atoms with E-state index < -0.39 is 0 Å². The summed E-state index contributed by atoms with van der Waals surface area (Å²) < 4.78 is 2.03. The monoisotopic (exact) mass is 230 g/mol. The molecule has 90 valence electrons. The number of benzene rings is 1. The van der Waals surface area contributed by atoms with Crippen molar-refractivity contribution in [3.05, 3.63) is 48.0 Å². The second-order valence-corrected chi connectivity index (χ2v) is 4.62. The highest BCUT2D eigenvalue weighted by Crippen LogP contribution is 2.17. The number of hydrogen-bond donors (Lipinski definition) is 1. The highest BCUT2D eigenvalue weighted by Gasteiger charge is 2.15. The molecule has 0 aliphatic rings. The maximum Gasteiger partial charge on any atom is 0.154 e. The second-order valence-electron chi connectivity index (χ2n) is 4.62. The lowest BCUT2D eigenvalue weighted by Gasteiger charge is -2.14. The van der Waals surface area contributed by atoms with Crippen molar-refractivity contribution in [2.45, 2.75) is 26.4 Å². The highest BCUT2D eigenvalue weighted by molar-refractivity contribution is 5.23. The molecular formula is C13H18N4. The van der Waals surface area contributed by atoms with Gasteiger partial charge in [0.15, 0.2) is 5.82 Å². The van der Waals surface area contributed by atoms with Crippen LogP contribution >= 0.6 is 0 Å². The zero-order chi connectivity index (χ0) is 12.3. The van der Waals surface area contributed by atoms with Crippen LogP contribution < -0.4 is 5.73 Å². The Hall–Kier alpha value is -1.68. The van der Waals surface area contributed by atoms with E-state index in [2.05, 4.69) is 24.0 Å². The molecule has 0 unspecified atom stereocenters. The zero-order valence-electron chi connectivity index (χ0n) is 10.2. The van der Waals surface area contributed by atoms with Gasteiger partial charge >= 0.3 is 0 Å². The van der Waals surface area contributed by atoms with Crippen molar-refractivity contribution in [3.63, 3.8) is 0 Å². The third-order valence-corrected chi connectivity index (χ3v) is 2.64. The lowest BCUT2D eigenvalue weighted by molar-refractivity contribution is 0.499. The van der Waals surface area contributed by atoms with Crippen molar-refractivity contribution in [1.82, 2.24) is 14.8 Å². The summed E-state index contributed by atoms with van der Waals surface area (Å²) in [6.45, 7) is 5.22. The van der Waals surface area contributed by atoms with E-state index in [0.717, 1.165) is 17.9 Å². The summed E-state index contributed by atoms with van der Waals surface area (Å²) in [6, 6.07) is 9.77. The first-order valence-electron chi connectivity index (χ1n) is 5.86. The molecule has 4 heteroatoms. The topological polar surface area (TPSA) is 56.7 Å². The summed E-state index contributed by atoms with van der Waals surface area (Å²) in [5.74, 6) is 1.37. The fourth-order valence-corrected chi connectivity index (χ4v) is 1.85. The minimum absolute atomic E-state index is 0.211. The van der Waals surface area contributed by atoms with E-state index >= 15 is 0 Å². The molecule has 4 nitrogen and oxygen atoms in total. The van der Waals surface area contributed by atoms with Gasteiger partial charge in [0, 0.05) is 6.54 Å². The van der Waals surface area contributed by atoms with Crippen molar-refractivity contribution in [2.24, 2.45) is 11.7 Å². The third-order valence-electron chi connectivity index (χ3n) is 2.64. The van der Waals surface area contributed by atoms with E-state index in [1.807, 2.05) is 34.9 Å². The SMILES string of the molecule is CC(C)Cn1cnnc1[C@@H](N)c1ccccc1. The van der Waals surface area contributed by atoms with Gasteiger partial charge in [-0.05, 0) is 11.5 Å². The van der Waals surface area contributed by atoms with Gasteiger partial charge in [0.2, 0.25) is 0 Å². The van der Waals surface area contributed by atoms with E-state index in [1.54, 1.807) is 6.33 Å². The van der Waals surface area contributed by atoms with Gasteiger partial charge in [-0.1, -0.05) is 44.2 Å². The van der Waals surface area contributed by atoms with Crippen LogP contribution in [0.3, 0.4) is 0 Å². The molecule has 1 atom stereocenters. The maximum atomic E-state index is 6.21. The Morgan fingerprint density at radius 2 is 1.94 bits per heavy atom.